The molecule has 41 heavy (non-hydrogen) atoms. The second kappa shape index (κ2) is 9.43. The van der Waals surface area contributed by atoms with Crippen molar-refractivity contribution in [3.63, 3.8) is 0 Å². The van der Waals surface area contributed by atoms with Crippen molar-refractivity contribution in [3.05, 3.63) is 116 Å². The molecule has 1 spiro atoms. The van der Waals surface area contributed by atoms with Gasteiger partial charge in [0.15, 0.2) is 17.3 Å². The summed E-state index contributed by atoms with van der Waals surface area (Å²) in [5.74, 6) is -0.675. The maximum absolute atomic E-state index is 14.8. The summed E-state index contributed by atoms with van der Waals surface area (Å²) in [7, 11) is 3.10. The van der Waals surface area contributed by atoms with Crippen LogP contribution in [-0.4, -0.2) is 43.7 Å². The van der Waals surface area contributed by atoms with Gasteiger partial charge in [-0.05, 0) is 53.4 Å². The first-order chi connectivity index (χ1) is 19.9. The molecule has 3 atom stereocenters. The van der Waals surface area contributed by atoms with E-state index in [1.54, 1.807) is 68.8 Å². The molecule has 1 fully saturated rings. The molecule has 3 aromatic carbocycles. The molecule has 2 aliphatic heterocycles. The molecule has 0 N–H and O–H groups in total. The van der Waals surface area contributed by atoms with Gasteiger partial charge in [0.1, 0.15) is 23.0 Å². The van der Waals surface area contributed by atoms with Crippen molar-refractivity contribution in [2.24, 2.45) is 5.41 Å². The third-order valence-electron chi connectivity index (χ3n) is 8.57. The van der Waals surface area contributed by atoms with Crippen LogP contribution in [0.4, 0.5) is 5.69 Å². The van der Waals surface area contributed by atoms with E-state index in [0.29, 0.717) is 38.1 Å². The van der Waals surface area contributed by atoms with Gasteiger partial charge in [-0.3, -0.25) is 14.4 Å². The van der Waals surface area contributed by atoms with E-state index in [2.05, 4.69) is 0 Å². The SMILES string of the molecule is COc1ccc(OC)c([C@@H]2[C@@H](C(=O)c3cccs3)N3c4ccc(Cl)cc4C=C[C@@H]3C23C(=O)c2ccccc2C3=O)c1. The van der Waals surface area contributed by atoms with Crippen molar-refractivity contribution in [1.29, 1.82) is 0 Å². The predicted molar refractivity (Wildman–Crippen MR) is 159 cm³/mol. The lowest BCUT2D eigenvalue weighted by atomic mass is 9.64. The minimum absolute atomic E-state index is 0.176. The van der Waals surface area contributed by atoms with Gasteiger partial charge in [-0.15, -0.1) is 11.3 Å². The average Bonchev–Trinajstić information content (AvgIpc) is 3.70. The Balaban J connectivity index is 1.59. The van der Waals surface area contributed by atoms with E-state index in [4.69, 9.17) is 21.1 Å². The molecule has 8 heteroatoms. The lowest BCUT2D eigenvalue weighted by Crippen LogP contribution is -2.48. The van der Waals surface area contributed by atoms with E-state index in [1.165, 1.54) is 11.3 Å². The van der Waals surface area contributed by atoms with Crippen LogP contribution in [0, 0.1) is 5.41 Å². The van der Waals surface area contributed by atoms with E-state index in [0.717, 1.165) is 11.3 Å². The highest BCUT2D eigenvalue weighted by Crippen LogP contribution is 2.62. The maximum atomic E-state index is 14.8. The molecule has 4 aromatic rings. The van der Waals surface area contributed by atoms with Gasteiger partial charge in [-0.2, -0.15) is 0 Å². The Hall–Kier alpha value is -4.20. The highest BCUT2D eigenvalue weighted by Gasteiger charge is 2.72. The fourth-order valence-electron chi connectivity index (χ4n) is 6.94. The molecule has 1 saturated heterocycles. The van der Waals surface area contributed by atoms with Crippen LogP contribution in [0.25, 0.3) is 6.08 Å². The van der Waals surface area contributed by atoms with Crippen LogP contribution in [0.1, 0.15) is 47.4 Å². The van der Waals surface area contributed by atoms with Crippen molar-refractivity contribution < 1.29 is 23.9 Å². The molecule has 0 radical (unpaired) electrons. The molecule has 1 aliphatic carbocycles. The molecule has 7 rings (SSSR count). The zero-order valence-electron chi connectivity index (χ0n) is 22.2. The van der Waals surface area contributed by atoms with Crippen LogP contribution in [0.15, 0.2) is 84.3 Å². The van der Waals surface area contributed by atoms with Crippen molar-refractivity contribution >= 4 is 52.1 Å². The average molecular weight is 582 g/mol. The molecule has 3 heterocycles. The standard InChI is InChI=1S/C33H24ClNO5S/c1-39-20-11-13-25(40-2)23(17-20)28-29(30(36)26-8-5-15-41-26)35-24-12-10-19(34)16-18(24)9-14-27(35)33(28)31(37)21-6-3-4-7-22(21)32(33)38/h3-17,27-29H,1-2H3/t27-,28-,29+/m1/s1. The number of nitrogens with zero attached hydrogens (tertiary/aromatic N) is 1. The molecule has 204 valence electrons. The van der Waals surface area contributed by atoms with E-state index in [1.807, 2.05) is 40.6 Å². The summed E-state index contributed by atoms with van der Waals surface area (Å²) in [6.07, 6.45) is 3.77. The number of ketones is 3. The molecule has 0 bridgehead atoms. The predicted octanol–water partition coefficient (Wildman–Crippen LogP) is 6.74. The van der Waals surface area contributed by atoms with Crippen LogP contribution in [-0.2, 0) is 0 Å². The Morgan fingerprint density at radius 3 is 2.34 bits per heavy atom. The zero-order valence-corrected chi connectivity index (χ0v) is 23.7. The number of methoxy groups -OCH3 is 2. The first-order valence-electron chi connectivity index (χ1n) is 13.2. The zero-order chi connectivity index (χ0) is 28.5. The fraction of sp³-hybridized carbons (Fsp3) is 0.182. The number of fused-ring (bicyclic) bond motifs is 5. The summed E-state index contributed by atoms with van der Waals surface area (Å²) in [4.78, 5) is 46.6. The number of benzene rings is 3. The third kappa shape index (κ3) is 3.46. The summed E-state index contributed by atoms with van der Waals surface area (Å²) in [6, 6.07) is 19.6. The van der Waals surface area contributed by atoms with E-state index in [9.17, 15) is 14.4 Å². The molecule has 0 amide bonds. The summed E-state index contributed by atoms with van der Waals surface area (Å²) in [5, 5.41) is 2.40. The number of anilines is 1. The molecule has 3 aliphatic rings. The van der Waals surface area contributed by atoms with Gasteiger partial charge in [0.05, 0.1) is 25.1 Å². The molecule has 1 aromatic heterocycles. The van der Waals surface area contributed by atoms with E-state index >= 15 is 0 Å². The molecular formula is C33H24ClNO5S. The third-order valence-corrected chi connectivity index (χ3v) is 9.69. The first-order valence-corrected chi connectivity index (χ1v) is 14.4. The Kier molecular flexibility index (Phi) is 5.92. The number of rotatable bonds is 5. The first kappa shape index (κ1) is 25.7. The van der Waals surface area contributed by atoms with Gasteiger partial charge < -0.3 is 14.4 Å². The number of halogens is 1. The number of ether oxygens (including phenoxy) is 2. The molecule has 0 unspecified atom stereocenters. The lowest BCUT2D eigenvalue weighted by Gasteiger charge is -2.37. The van der Waals surface area contributed by atoms with E-state index in [-0.39, 0.29) is 17.3 Å². The van der Waals surface area contributed by atoms with Crippen LogP contribution < -0.4 is 14.4 Å². The van der Waals surface area contributed by atoms with Crippen molar-refractivity contribution in [2.75, 3.05) is 19.1 Å². The van der Waals surface area contributed by atoms with Crippen LogP contribution >= 0.6 is 22.9 Å². The lowest BCUT2D eigenvalue weighted by molar-refractivity contribution is 0.0664. The molecular weight excluding hydrogens is 558 g/mol. The monoisotopic (exact) mass is 581 g/mol. The highest BCUT2D eigenvalue weighted by molar-refractivity contribution is 7.12. The van der Waals surface area contributed by atoms with Crippen LogP contribution in [0.5, 0.6) is 11.5 Å². The largest absolute Gasteiger partial charge is 0.497 e. The number of carbonyl (C=O) groups excluding carboxylic acids is 3. The van der Waals surface area contributed by atoms with Crippen molar-refractivity contribution in [1.82, 2.24) is 0 Å². The summed E-state index contributed by atoms with van der Waals surface area (Å²) in [5.41, 5.74) is 1.20. The maximum Gasteiger partial charge on any atom is 0.195 e. The number of hydrogen-bond donors (Lipinski definition) is 0. The van der Waals surface area contributed by atoms with Crippen molar-refractivity contribution in [3.8, 4) is 11.5 Å². The molecule has 0 saturated carbocycles. The number of thiophene rings is 1. The van der Waals surface area contributed by atoms with Gasteiger partial charge in [0.2, 0.25) is 0 Å². The Morgan fingerprint density at radius 2 is 1.68 bits per heavy atom. The van der Waals surface area contributed by atoms with Crippen LogP contribution in [0.2, 0.25) is 5.02 Å². The highest BCUT2D eigenvalue weighted by atomic mass is 35.5. The Morgan fingerprint density at radius 1 is 0.927 bits per heavy atom. The van der Waals surface area contributed by atoms with Gasteiger partial charge >= 0.3 is 0 Å². The summed E-state index contributed by atoms with van der Waals surface area (Å²) >= 11 is 7.70. The second-order valence-corrected chi connectivity index (χ2v) is 11.7. The van der Waals surface area contributed by atoms with Gasteiger partial charge in [-0.1, -0.05) is 54.1 Å². The number of Topliss-reactive ketones (excluding diaryl/α,β-unsaturated/α-hetero) is 3. The number of hydrogen-bond acceptors (Lipinski definition) is 7. The summed E-state index contributed by atoms with van der Waals surface area (Å²) in [6.45, 7) is 0. The van der Waals surface area contributed by atoms with Crippen molar-refractivity contribution in [2.45, 2.75) is 18.0 Å². The minimum Gasteiger partial charge on any atom is -0.497 e. The Bertz CT molecular complexity index is 1740. The quantitative estimate of drug-likeness (QED) is 0.192. The van der Waals surface area contributed by atoms with E-state index < -0.39 is 23.4 Å². The minimum atomic E-state index is -1.63. The van der Waals surface area contributed by atoms with Gasteiger partial charge in [0, 0.05) is 33.3 Å². The summed E-state index contributed by atoms with van der Waals surface area (Å²) < 4.78 is 11.4. The van der Waals surface area contributed by atoms with Crippen LogP contribution in [0.3, 0.4) is 0 Å². The topological polar surface area (TPSA) is 72.9 Å². The van der Waals surface area contributed by atoms with Gasteiger partial charge in [-0.25, -0.2) is 0 Å². The van der Waals surface area contributed by atoms with Gasteiger partial charge in [0.25, 0.3) is 0 Å². The normalized spacial score (nSPS) is 21.5. The second-order valence-electron chi connectivity index (χ2n) is 10.4. The molecule has 6 nitrogen and oxygen atoms in total. The fourth-order valence-corrected chi connectivity index (χ4v) is 7.82. The Labute approximate surface area is 245 Å². The smallest absolute Gasteiger partial charge is 0.195 e. The number of carbonyl (C=O) groups is 3.